The monoisotopic (exact) mass is 269 g/mol. The van der Waals surface area contributed by atoms with Crippen LogP contribution in [0.25, 0.3) is 0 Å². The van der Waals surface area contributed by atoms with Crippen LogP contribution in [0.15, 0.2) is 42.7 Å². The lowest BCUT2D eigenvalue weighted by Gasteiger charge is -2.11. The van der Waals surface area contributed by atoms with Crippen LogP contribution in [0.3, 0.4) is 0 Å². The van der Waals surface area contributed by atoms with Crippen molar-refractivity contribution in [1.82, 2.24) is 10.3 Å². The van der Waals surface area contributed by atoms with E-state index in [1.54, 1.807) is 18.5 Å². The van der Waals surface area contributed by atoms with Crippen LogP contribution in [0, 0.1) is 6.92 Å². The third-order valence-electron chi connectivity index (χ3n) is 3.13. The number of hydrogen-bond donors (Lipinski definition) is 2. The summed E-state index contributed by atoms with van der Waals surface area (Å²) in [5.41, 5.74) is 3.68. The van der Waals surface area contributed by atoms with Crippen LogP contribution in [-0.4, -0.2) is 17.4 Å². The highest BCUT2D eigenvalue weighted by Crippen LogP contribution is 2.13. The number of rotatable bonds is 5. The smallest absolute Gasteiger partial charge is 0.253 e. The lowest BCUT2D eigenvalue weighted by Crippen LogP contribution is -2.24. The predicted octanol–water partition coefficient (Wildman–Crippen LogP) is 2.75. The Labute approximate surface area is 119 Å². The maximum Gasteiger partial charge on any atom is 0.253 e. The van der Waals surface area contributed by atoms with Gasteiger partial charge in [0, 0.05) is 19.3 Å². The van der Waals surface area contributed by atoms with Crippen molar-refractivity contribution in [2.24, 2.45) is 0 Å². The van der Waals surface area contributed by atoms with Crippen molar-refractivity contribution in [1.29, 1.82) is 0 Å². The summed E-state index contributed by atoms with van der Waals surface area (Å²) in [4.78, 5) is 16.3. The predicted molar refractivity (Wildman–Crippen MR) is 80.7 cm³/mol. The molecule has 1 amide bonds. The first-order valence-corrected chi connectivity index (χ1v) is 6.73. The van der Waals surface area contributed by atoms with Crippen LogP contribution < -0.4 is 10.6 Å². The molecule has 20 heavy (non-hydrogen) atoms. The molecule has 2 N–H and O–H groups in total. The minimum absolute atomic E-state index is 0.0911. The number of benzene rings is 1. The average molecular weight is 269 g/mol. The second-order valence-electron chi connectivity index (χ2n) is 4.56. The lowest BCUT2D eigenvalue weighted by atomic mass is 10.1. The Bertz CT molecular complexity index is 596. The number of hydrogen-bond acceptors (Lipinski definition) is 3. The van der Waals surface area contributed by atoms with Gasteiger partial charge in [0.2, 0.25) is 0 Å². The number of pyridine rings is 1. The third-order valence-corrected chi connectivity index (χ3v) is 3.13. The number of carbonyl (C=O) groups excluding carboxylic acids is 1. The first kappa shape index (κ1) is 14.1. The van der Waals surface area contributed by atoms with Crippen molar-refractivity contribution in [3.63, 3.8) is 0 Å². The quantitative estimate of drug-likeness (QED) is 0.877. The number of amides is 1. The molecule has 0 aliphatic heterocycles. The van der Waals surface area contributed by atoms with Crippen molar-refractivity contribution >= 4 is 11.6 Å². The normalized spacial score (nSPS) is 10.1. The molecule has 0 atom stereocenters. The van der Waals surface area contributed by atoms with Crippen molar-refractivity contribution in [3.05, 3.63) is 59.4 Å². The zero-order valence-electron chi connectivity index (χ0n) is 11.8. The van der Waals surface area contributed by atoms with E-state index in [9.17, 15) is 4.79 Å². The van der Waals surface area contributed by atoms with Gasteiger partial charge in [0.15, 0.2) is 0 Å². The number of anilines is 1. The molecule has 1 heterocycles. The van der Waals surface area contributed by atoms with Gasteiger partial charge in [-0.3, -0.25) is 9.78 Å². The SMILES string of the molecule is CCNc1cnccc1C(=O)NCc1ccccc1C. The number of aromatic nitrogens is 1. The summed E-state index contributed by atoms with van der Waals surface area (Å²) >= 11 is 0. The molecule has 0 unspecified atom stereocenters. The van der Waals surface area contributed by atoms with Crippen LogP contribution in [0.4, 0.5) is 5.69 Å². The molecule has 0 radical (unpaired) electrons. The van der Waals surface area contributed by atoms with E-state index in [-0.39, 0.29) is 5.91 Å². The van der Waals surface area contributed by atoms with Crippen LogP contribution in [0.2, 0.25) is 0 Å². The molecule has 1 aromatic carbocycles. The molecule has 0 saturated carbocycles. The molecular weight excluding hydrogens is 250 g/mol. The first-order chi connectivity index (χ1) is 9.72. The molecule has 0 aliphatic carbocycles. The van der Waals surface area contributed by atoms with E-state index in [4.69, 9.17) is 0 Å². The van der Waals surface area contributed by atoms with Gasteiger partial charge in [-0.2, -0.15) is 0 Å². The molecule has 0 bridgehead atoms. The summed E-state index contributed by atoms with van der Waals surface area (Å²) in [6.45, 7) is 5.31. The molecular formula is C16H19N3O. The Kier molecular flexibility index (Phi) is 4.71. The summed E-state index contributed by atoms with van der Waals surface area (Å²) in [6, 6.07) is 9.76. The highest BCUT2D eigenvalue weighted by Gasteiger charge is 2.10. The molecule has 2 rings (SSSR count). The third kappa shape index (κ3) is 3.35. The lowest BCUT2D eigenvalue weighted by molar-refractivity contribution is 0.0951. The maximum atomic E-state index is 12.2. The van der Waals surface area contributed by atoms with Gasteiger partial charge in [-0.05, 0) is 31.0 Å². The van der Waals surface area contributed by atoms with E-state index in [1.807, 2.05) is 38.1 Å². The van der Waals surface area contributed by atoms with Gasteiger partial charge in [-0.1, -0.05) is 24.3 Å². The fourth-order valence-corrected chi connectivity index (χ4v) is 2.00. The topological polar surface area (TPSA) is 54.0 Å². The first-order valence-electron chi connectivity index (χ1n) is 6.73. The van der Waals surface area contributed by atoms with E-state index < -0.39 is 0 Å². The van der Waals surface area contributed by atoms with E-state index in [0.717, 1.165) is 17.8 Å². The summed E-state index contributed by atoms with van der Waals surface area (Å²) in [7, 11) is 0. The molecule has 0 saturated heterocycles. The summed E-state index contributed by atoms with van der Waals surface area (Å²) < 4.78 is 0. The second-order valence-corrected chi connectivity index (χ2v) is 4.56. The molecule has 104 valence electrons. The van der Waals surface area contributed by atoms with Gasteiger partial charge in [-0.25, -0.2) is 0 Å². The molecule has 4 nitrogen and oxygen atoms in total. The number of nitrogens with zero attached hydrogens (tertiary/aromatic N) is 1. The van der Waals surface area contributed by atoms with Gasteiger partial charge in [0.05, 0.1) is 17.4 Å². The molecule has 0 fully saturated rings. The van der Waals surface area contributed by atoms with E-state index >= 15 is 0 Å². The zero-order chi connectivity index (χ0) is 14.4. The average Bonchev–Trinajstić information content (AvgIpc) is 2.47. The van der Waals surface area contributed by atoms with Gasteiger partial charge in [0.25, 0.3) is 5.91 Å². The fourth-order valence-electron chi connectivity index (χ4n) is 2.00. The van der Waals surface area contributed by atoms with Gasteiger partial charge >= 0.3 is 0 Å². The van der Waals surface area contributed by atoms with Crippen LogP contribution in [0.1, 0.15) is 28.4 Å². The van der Waals surface area contributed by atoms with Crippen molar-refractivity contribution in [3.8, 4) is 0 Å². The van der Waals surface area contributed by atoms with Crippen LogP contribution in [-0.2, 0) is 6.54 Å². The summed E-state index contributed by atoms with van der Waals surface area (Å²) in [5.74, 6) is -0.0911. The molecule has 2 aromatic rings. The van der Waals surface area contributed by atoms with Crippen molar-refractivity contribution < 1.29 is 4.79 Å². The van der Waals surface area contributed by atoms with Gasteiger partial charge in [0.1, 0.15) is 0 Å². The molecule has 0 spiro atoms. The highest BCUT2D eigenvalue weighted by molar-refractivity contribution is 5.99. The summed E-state index contributed by atoms with van der Waals surface area (Å²) in [6.07, 6.45) is 3.30. The van der Waals surface area contributed by atoms with Crippen LogP contribution in [0.5, 0.6) is 0 Å². The number of carbonyl (C=O) groups is 1. The fraction of sp³-hybridized carbons (Fsp3) is 0.250. The Morgan fingerprint density at radius 3 is 2.80 bits per heavy atom. The Morgan fingerprint density at radius 2 is 2.05 bits per heavy atom. The van der Waals surface area contributed by atoms with E-state index in [2.05, 4.69) is 15.6 Å². The second kappa shape index (κ2) is 6.70. The Morgan fingerprint density at radius 1 is 1.25 bits per heavy atom. The Balaban J connectivity index is 2.07. The molecule has 4 heteroatoms. The Hall–Kier alpha value is -2.36. The molecule has 0 aliphatic rings. The number of nitrogens with one attached hydrogen (secondary N) is 2. The number of aryl methyl sites for hydroxylation is 1. The van der Waals surface area contributed by atoms with E-state index in [0.29, 0.717) is 12.1 Å². The minimum Gasteiger partial charge on any atom is -0.383 e. The summed E-state index contributed by atoms with van der Waals surface area (Å²) in [5, 5.41) is 6.09. The van der Waals surface area contributed by atoms with Gasteiger partial charge < -0.3 is 10.6 Å². The standard InChI is InChI=1S/C16H19N3O/c1-3-18-15-11-17-9-8-14(15)16(20)19-10-13-7-5-4-6-12(13)2/h4-9,11,18H,3,10H2,1-2H3,(H,19,20). The minimum atomic E-state index is -0.0911. The molecule has 1 aromatic heterocycles. The van der Waals surface area contributed by atoms with Gasteiger partial charge in [-0.15, -0.1) is 0 Å². The highest BCUT2D eigenvalue weighted by atomic mass is 16.1. The van der Waals surface area contributed by atoms with Crippen molar-refractivity contribution in [2.45, 2.75) is 20.4 Å². The van der Waals surface area contributed by atoms with Crippen LogP contribution >= 0.6 is 0 Å². The maximum absolute atomic E-state index is 12.2. The van der Waals surface area contributed by atoms with E-state index in [1.165, 1.54) is 5.56 Å². The van der Waals surface area contributed by atoms with Crippen molar-refractivity contribution in [2.75, 3.05) is 11.9 Å². The zero-order valence-corrected chi connectivity index (χ0v) is 11.8. The largest absolute Gasteiger partial charge is 0.383 e.